The van der Waals surface area contributed by atoms with Crippen LogP contribution >= 0.6 is 11.3 Å². The number of carboxylic acids is 1. The zero-order valence-electron chi connectivity index (χ0n) is 16.6. The fourth-order valence-electron chi connectivity index (χ4n) is 3.22. The van der Waals surface area contributed by atoms with Crippen molar-refractivity contribution in [2.75, 3.05) is 0 Å². The van der Waals surface area contributed by atoms with E-state index in [1.54, 1.807) is 42.5 Å². The molecule has 0 unspecified atom stereocenters. The summed E-state index contributed by atoms with van der Waals surface area (Å²) in [6.07, 6.45) is 0. The summed E-state index contributed by atoms with van der Waals surface area (Å²) in [4.78, 5) is 23.2. The van der Waals surface area contributed by atoms with Crippen LogP contribution in [0.15, 0.2) is 60.0 Å². The number of fused-ring (bicyclic) bond motifs is 1. The number of benzene rings is 2. The molecule has 0 saturated heterocycles. The second kappa shape index (κ2) is 8.84. The van der Waals surface area contributed by atoms with Crippen LogP contribution in [-0.2, 0) is 6.54 Å². The number of phenols is 1. The quantitative estimate of drug-likeness (QED) is 0.448. The zero-order valence-corrected chi connectivity index (χ0v) is 17.4. The number of rotatable bonds is 4. The van der Waals surface area contributed by atoms with Crippen molar-refractivity contribution in [3.63, 3.8) is 0 Å². The molecule has 6 nitrogen and oxygen atoms in total. The van der Waals surface area contributed by atoms with E-state index in [1.165, 1.54) is 6.07 Å². The van der Waals surface area contributed by atoms with Crippen LogP contribution in [0.3, 0.4) is 0 Å². The lowest BCUT2D eigenvalue weighted by Gasteiger charge is -2.06. The van der Waals surface area contributed by atoms with Gasteiger partial charge in [-0.3, -0.25) is 4.79 Å². The summed E-state index contributed by atoms with van der Waals surface area (Å²) in [6, 6.07) is 16.0. The van der Waals surface area contributed by atoms with Gasteiger partial charge in [0.2, 0.25) is 5.91 Å². The van der Waals surface area contributed by atoms with Gasteiger partial charge in [0.25, 0.3) is 0 Å². The summed E-state index contributed by atoms with van der Waals surface area (Å²) in [6.45, 7) is 4.40. The minimum absolute atomic E-state index is 0.0771. The lowest BCUT2D eigenvalue weighted by atomic mass is 10.1. The third kappa shape index (κ3) is 4.52. The summed E-state index contributed by atoms with van der Waals surface area (Å²) in [5.41, 5.74) is 8.50. The molecule has 2 aromatic heterocycles. The minimum Gasteiger partial charge on any atom is -0.508 e. The van der Waals surface area contributed by atoms with E-state index in [0.717, 1.165) is 16.0 Å². The molecule has 2 aromatic carbocycles. The van der Waals surface area contributed by atoms with E-state index < -0.39 is 5.97 Å². The topological polar surface area (TPSA) is 106 Å². The van der Waals surface area contributed by atoms with Gasteiger partial charge in [0.05, 0.1) is 12.1 Å². The van der Waals surface area contributed by atoms with E-state index in [-0.39, 0.29) is 17.2 Å². The van der Waals surface area contributed by atoms with Crippen LogP contribution in [0.25, 0.3) is 10.9 Å². The number of carbonyl (C=O) groups is 2. The molecular formula is C23H22N2O4S. The number of aromatic carboxylic acids is 1. The van der Waals surface area contributed by atoms with Crippen molar-refractivity contribution in [2.45, 2.75) is 20.4 Å². The number of primary amides is 1. The molecule has 0 fully saturated rings. The van der Waals surface area contributed by atoms with Crippen molar-refractivity contribution in [3.8, 4) is 5.75 Å². The minimum atomic E-state index is -0.969. The molecule has 0 aliphatic heterocycles. The Kier molecular flexibility index (Phi) is 6.23. The number of aromatic hydroxyl groups is 1. The number of thiophene rings is 1. The standard InChI is InChI=1S/C15H13NO3S.C8H9NO/c1-9-14(15(18)19)12-7-10(17)4-5-13(12)16(9)8-11-3-2-6-20-11;1-6-2-4-7(5-3-6)8(9)10/h2-7,17H,8H2,1H3,(H,18,19);2-5H,1H3,(H2,9,10). The van der Waals surface area contributed by atoms with Gasteiger partial charge in [0, 0.05) is 27.0 Å². The predicted octanol–water partition coefficient (Wildman–Crippen LogP) is 4.56. The molecule has 0 bridgehead atoms. The van der Waals surface area contributed by atoms with Crippen molar-refractivity contribution in [2.24, 2.45) is 5.73 Å². The van der Waals surface area contributed by atoms with Crippen LogP contribution in [0.2, 0.25) is 0 Å². The fraction of sp³-hybridized carbons (Fsp3) is 0.130. The number of phenolic OH excluding ortho intramolecular Hbond substituents is 1. The maximum Gasteiger partial charge on any atom is 0.338 e. The van der Waals surface area contributed by atoms with Gasteiger partial charge in [0.15, 0.2) is 0 Å². The first-order valence-corrected chi connectivity index (χ1v) is 10.1. The van der Waals surface area contributed by atoms with Gasteiger partial charge in [-0.25, -0.2) is 4.79 Å². The van der Waals surface area contributed by atoms with Crippen LogP contribution in [0.1, 0.15) is 36.9 Å². The fourth-order valence-corrected chi connectivity index (χ4v) is 3.91. The van der Waals surface area contributed by atoms with Crippen LogP contribution < -0.4 is 5.73 Å². The summed E-state index contributed by atoms with van der Waals surface area (Å²) in [5, 5.41) is 21.6. The first-order chi connectivity index (χ1) is 14.3. The normalized spacial score (nSPS) is 10.5. The van der Waals surface area contributed by atoms with Gasteiger partial charge in [-0.15, -0.1) is 11.3 Å². The SMILES string of the molecule is Cc1c(C(=O)O)c2cc(O)ccc2n1Cc1cccs1.Cc1ccc(C(N)=O)cc1. The molecule has 0 aliphatic carbocycles. The summed E-state index contributed by atoms with van der Waals surface area (Å²) in [7, 11) is 0. The number of hydrogen-bond acceptors (Lipinski definition) is 4. The molecule has 4 rings (SSSR count). The number of aryl methyl sites for hydroxylation is 1. The maximum absolute atomic E-state index is 11.5. The molecule has 0 atom stereocenters. The first-order valence-electron chi connectivity index (χ1n) is 9.22. The molecule has 0 aliphatic rings. The van der Waals surface area contributed by atoms with E-state index in [0.29, 0.717) is 23.2 Å². The Morgan fingerprint density at radius 1 is 1.07 bits per heavy atom. The third-order valence-electron chi connectivity index (χ3n) is 4.75. The first kappa shape index (κ1) is 21.1. The monoisotopic (exact) mass is 422 g/mol. The molecular weight excluding hydrogens is 400 g/mol. The van der Waals surface area contributed by atoms with Crippen molar-refractivity contribution in [1.82, 2.24) is 4.57 Å². The van der Waals surface area contributed by atoms with E-state index in [4.69, 9.17) is 5.73 Å². The lowest BCUT2D eigenvalue weighted by molar-refractivity contribution is 0.0697. The Bertz CT molecular complexity index is 1190. The summed E-state index contributed by atoms with van der Waals surface area (Å²) in [5.74, 6) is -1.27. The number of hydrogen-bond donors (Lipinski definition) is 3. The number of carbonyl (C=O) groups excluding carboxylic acids is 1. The molecule has 30 heavy (non-hydrogen) atoms. The molecule has 154 valence electrons. The second-order valence-electron chi connectivity index (χ2n) is 6.86. The molecule has 1 amide bonds. The lowest BCUT2D eigenvalue weighted by Crippen LogP contribution is -2.10. The highest BCUT2D eigenvalue weighted by atomic mass is 32.1. The molecule has 2 heterocycles. The van der Waals surface area contributed by atoms with E-state index in [9.17, 15) is 19.8 Å². The Morgan fingerprint density at radius 3 is 2.33 bits per heavy atom. The second-order valence-corrected chi connectivity index (χ2v) is 7.90. The molecule has 7 heteroatoms. The van der Waals surface area contributed by atoms with Gasteiger partial charge in [0.1, 0.15) is 5.75 Å². The van der Waals surface area contributed by atoms with E-state index in [1.807, 2.05) is 41.1 Å². The molecule has 4 aromatic rings. The van der Waals surface area contributed by atoms with Gasteiger partial charge < -0.3 is 20.5 Å². The van der Waals surface area contributed by atoms with Crippen LogP contribution in [0, 0.1) is 13.8 Å². The van der Waals surface area contributed by atoms with Gasteiger partial charge in [-0.05, 0) is 55.6 Å². The summed E-state index contributed by atoms with van der Waals surface area (Å²) >= 11 is 1.64. The Hall–Kier alpha value is -3.58. The highest BCUT2D eigenvalue weighted by Crippen LogP contribution is 2.30. The van der Waals surface area contributed by atoms with Crippen LogP contribution in [0.4, 0.5) is 0 Å². The molecule has 4 N–H and O–H groups in total. The molecule has 0 radical (unpaired) electrons. The summed E-state index contributed by atoms with van der Waals surface area (Å²) < 4.78 is 1.98. The average Bonchev–Trinajstić information content (AvgIpc) is 3.29. The number of nitrogens with two attached hydrogens (primary N) is 1. The van der Waals surface area contributed by atoms with Crippen LogP contribution in [0.5, 0.6) is 5.75 Å². The zero-order chi connectivity index (χ0) is 21.8. The van der Waals surface area contributed by atoms with Gasteiger partial charge in [-0.2, -0.15) is 0 Å². The Morgan fingerprint density at radius 2 is 1.77 bits per heavy atom. The van der Waals surface area contributed by atoms with Gasteiger partial charge >= 0.3 is 5.97 Å². The van der Waals surface area contributed by atoms with E-state index >= 15 is 0 Å². The molecule has 0 spiro atoms. The number of carboxylic acid groups (broad SMARTS) is 1. The highest BCUT2D eigenvalue weighted by Gasteiger charge is 2.19. The Labute approximate surface area is 177 Å². The number of nitrogens with zero attached hydrogens (tertiary/aromatic N) is 1. The van der Waals surface area contributed by atoms with E-state index in [2.05, 4.69) is 0 Å². The van der Waals surface area contributed by atoms with Gasteiger partial charge in [-0.1, -0.05) is 23.8 Å². The van der Waals surface area contributed by atoms with Crippen LogP contribution in [-0.4, -0.2) is 26.7 Å². The van der Waals surface area contributed by atoms with Crippen molar-refractivity contribution in [3.05, 3.63) is 87.2 Å². The van der Waals surface area contributed by atoms with Crippen molar-refractivity contribution >= 4 is 34.1 Å². The Balaban J connectivity index is 0.000000216. The molecule has 0 saturated carbocycles. The number of amides is 1. The van der Waals surface area contributed by atoms with Crippen molar-refractivity contribution < 1.29 is 19.8 Å². The number of aromatic nitrogens is 1. The van der Waals surface area contributed by atoms with Crippen molar-refractivity contribution in [1.29, 1.82) is 0 Å². The largest absolute Gasteiger partial charge is 0.508 e. The smallest absolute Gasteiger partial charge is 0.338 e. The highest BCUT2D eigenvalue weighted by molar-refractivity contribution is 7.09. The average molecular weight is 423 g/mol. The maximum atomic E-state index is 11.5. The predicted molar refractivity (Wildman–Crippen MR) is 118 cm³/mol. The third-order valence-corrected chi connectivity index (χ3v) is 5.61.